The zero-order valence-corrected chi connectivity index (χ0v) is 11.3. The Balaban J connectivity index is 2.27. The summed E-state index contributed by atoms with van der Waals surface area (Å²) < 4.78 is 1.54. The molecule has 19 heavy (non-hydrogen) atoms. The normalized spacial score (nSPS) is 18.0. The topological polar surface area (TPSA) is 75.4 Å². The van der Waals surface area contributed by atoms with Gasteiger partial charge in [0.25, 0.3) is 5.91 Å². The Kier molecular flexibility index (Phi) is 3.59. The maximum Gasteiger partial charge on any atom is 0.329 e. The quantitative estimate of drug-likeness (QED) is 0.893. The number of hydrogen-bond acceptors (Lipinski definition) is 3. The largest absolute Gasteiger partial charge is 0.479 e. The van der Waals surface area contributed by atoms with E-state index in [1.807, 2.05) is 0 Å². The van der Waals surface area contributed by atoms with Crippen LogP contribution in [0.5, 0.6) is 0 Å². The van der Waals surface area contributed by atoms with Gasteiger partial charge in [0.1, 0.15) is 5.54 Å². The molecule has 1 heterocycles. The van der Waals surface area contributed by atoms with E-state index in [-0.39, 0.29) is 5.91 Å². The van der Waals surface area contributed by atoms with E-state index < -0.39 is 11.5 Å². The first-order valence-corrected chi connectivity index (χ1v) is 6.47. The summed E-state index contributed by atoms with van der Waals surface area (Å²) in [6.07, 6.45) is 6.84. The van der Waals surface area contributed by atoms with Crippen LogP contribution < -0.4 is 0 Å². The van der Waals surface area contributed by atoms with Crippen molar-refractivity contribution in [3.05, 3.63) is 18.0 Å². The van der Waals surface area contributed by atoms with Crippen LogP contribution in [-0.4, -0.2) is 44.3 Å². The van der Waals surface area contributed by atoms with E-state index in [1.165, 1.54) is 15.8 Å². The van der Waals surface area contributed by atoms with Gasteiger partial charge in [0.15, 0.2) is 0 Å². The Hall–Kier alpha value is -1.85. The molecule has 0 atom stereocenters. The molecular formula is C13H19N3O3. The highest BCUT2D eigenvalue weighted by Gasteiger charge is 2.45. The molecule has 1 aromatic rings. The number of carboxylic acids is 1. The second-order valence-electron chi connectivity index (χ2n) is 5.16. The molecule has 1 aromatic heterocycles. The van der Waals surface area contributed by atoms with Crippen LogP contribution in [0.4, 0.5) is 0 Å². The fraction of sp³-hybridized carbons (Fsp3) is 0.615. The van der Waals surface area contributed by atoms with Gasteiger partial charge in [-0.2, -0.15) is 5.10 Å². The van der Waals surface area contributed by atoms with E-state index in [9.17, 15) is 14.7 Å². The monoisotopic (exact) mass is 265 g/mol. The van der Waals surface area contributed by atoms with Crippen LogP contribution in [0.2, 0.25) is 0 Å². The average molecular weight is 265 g/mol. The minimum atomic E-state index is -1.06. The number of nitrogens with zero attached hydrogens (tertiary/aromatic N) is 3. The van der Waals surface area contributed by atoms with Gasteiger partial charge in [-0.15, -0.1) is 0 Å². The summed E-state index contributed by atoms with van der Waals surface area (Å²) >= 11 is 0. The number of hydrogen-bond donors (Lipinski definition) is 1. The van der Waals surface area contributed by atoms with Crippen molar-refractivity contribution in [1.29, 1.82) is 0 Å². The van der Waals surface area contributed by atoms with Crippen molar-refractivity contribution in [3.8, 4) is 0 Å². The molecule has 0 aromatic carbocycles. The average Bonchev–Trinajstić information content (AvgIpc) is 2.84. The van der Waals surface area contributed by atoms with Crippen LogP contribution in [-0.2, 0) is 11.8 Å². The second kappa shape index (κ2) is 5.03. The molecule has 2 rings (SSSR count). The van der Waals surface area contributed by atoms with Crippen LogP contribution in [0.25, 0.3) is 0 Å². The molecule has 1 fully saturated rings. The first kappa shape index (κ1) is 13.6. The summed E-state index contributed by atoms with van der Waals surface area (Å²) in [5.74, 6) is -1.19. The molecule has 1 aliphatic carbocycles. The summed E-state index contributed by atoms with van der Waals surface area (Å²) in [6, 6.07) is 0. The van der Waals surface area contributed by atoms with Crippen molar-refractivity contribution in [2.45, 2.75) is 37.6 Å². The number of amides is 1. The van der Waals surface area contributed by atoms with E-state index in [0.717, 1.165) is 19.3 Å². The molecule has 0 bridgehead atoms. The highest BCUT2D eigenvalue weighted by atomic mass is 16.4. The van der Waals surface area contributed by atoms with Crippen molar-refractivity contribution >= 4 is 11.9 Å². The SMILES string of the molecule is CN(C(=O)c1cnn(C)c1)C1(C(=O)O)CCCCC1. The van der Waals surface area contributed by atoms with E-state index in [2.05, 4.69) is 5.10 Å². The Morgan fingerprint density at radius 3 is 2.47 bits per heavy atom. The number of aromatic nitrogens is 2. The smallest absolute Gasteiger partial charge is 0.329 e. The lowest BCUT2D eigenvalue weighted by Gasteiger charge is -2.40. The van der Waals surface area contributed by atoms with E-state index in [1.54, 1.807) is 20.3 Å². The van der Waals surface area contributed by atoms with Gasteiger partial charge < -0.3 is 10.0 Å². The number of aryl methyl sites for hydroxylation is 1. The van der Waals surface area contributed by atoms with Gasteiger partial charge in [0, 0.05) is 20.3 Å². The lowest BCUT2D eigenvalue weighted by molar-refractivity contribution is -0.151. The standard InChI is InChI=1S/C13H19N3O3/c1-15-9-10(8-14-15)11(17)16(2)13(12(18)19)6-4-3-5-7-13/h8-9H,3-7H2,1-2H3,(H,18,19). The number of rotatable bonds is 3. The molecule has 6 nitrogen and oxygen atoms in total. The summed E-state index contributed by atoms with van der Waals surface area (Å²) in [7, 11) is 3.30. The zero-order chi connectivity index (χ0) is 14.0. The molecule has 0 spiro atoms. The van der Waals surface area contributed by atoms with E-state index in [0.29, 0.717) is 18.4 Å². The number of likely N-dealkylation sites (N-methyl/N-ethyl adjacent to an activating group) is 1. The molecular weight excluding hydrogens is 246 g/mol. The number of carbonyl (C=O) groups is 2. The number of carboxylic acid groups (broad SMARTS) is 1. The van der Waals surface area contributed by atoms with Crippen LogP contribution in [0.15, 0.2) is 12.4 Å². The van der Waals surface area contributed by atoms with Gasteiger partial charge in [-0.1, -0.05) is 19.3 Å². The van der Waals surface area contributed by atoms with Crippen LogP contribution in [0, 0.1) is 0 Å². The fourth-order valence-corrected chi connectivity index (χ4v) is 2.75. The van der Waals surface area contributed by atoms with Gasteiger partial charge in [0.05, 0.1) is 11.8 Å². The molecule has 6 heteroatoms. The number of aliphatic carboxylic acids is 1. The minimum absolute atomic E-state index is 0.280. The molecule has 104 valence electrons. The molecule has 1 N–H and O–H groups in total. The highest BCUT2D eigenvalue weighted by Crippen LogP contribution is 2.34. The minimum Gasteiger partial charge on any atom is -0.479 e. The lowest BCUT2D eigenvalue weighted by atomic mass is 9.80. The lowest BCUT2D eigenvalue weighted by Crippen LogP contribution is -2.56. The summed E-state index contributed by atoms with van der Waals surface area (Å²) in [4.78, 5) is 25.4. The van der Waals surface area contributed by atoms with Gasteiger partial charge in [-0.3, -0.25) is 9.48 Å². The van der Waals surface area contributed by atoms with E-state index in [4.69, 9.17) is 0 Å². The Morgan fingerprint density at radius 1 is 1.37 bits per heavy atom. The van der Waals surface area contributed by atoms with Gasteiger partial charge in [-0.25, -0.2) is 4.79 Å². The van der Waals surface area contributed by atoms with E-state index >= 15 is 0 Å². The summed E-state index contributed by atoms with van der Waals surface area (Å²) in [6.45, 7) is 0. The van der Waals surface area contributed by atoms with Crippen LogP contribution >= 0.6 is 0 Å². The first-order chi connectivity index (χ1) is 8.97. The molecule has 0 radical (unpaired) electrons. The Bertz CT molecular complexity index is 489. The van der Waals surface area contributed by atoms with Crippen molar-refractivity contribution in [3.63, 3.8) is 0 Å². The summed E-state index contributed by atoms with van der Waals surface area (Å²) in [5.41, 5.74) is -0.637. The molecule has 0 unspecified atom stereocenters. The van der Waals surface area contributed by atoms with Gasteiger partial charge >= 0.3 is 5.97 Å². The Labute approximate surface area is 112 Å². The maximum atomic E-state index is 12.4. The second-order valence-corrected chi connectivity index (χ2v) is 5.16. The van der Waals surface area contributed by atoms with Crippen LogP contribution in [0.1, 0.15) is 42.5 Å². The molecule has 0 aliphatic heterocycles. The maximum absolute atomic E-state index is 12.4. The third kappa shape index (κ3) is 2.34. The zero-order valence-electron chi connectivity index (χ0n) is 11.3. The Morgan fingerprint density at radius 2 is 2.00 bits per heavy atom. The van der Waals surface area contributed by atoms with Gasteiger partial charge in [0.2, 0.25) is 0 Å². The van der Waals surface area contributed by atoms with Gasteiger partial charge in [-0.05, 0) is 12.8 Å². The molecule has 1 amide bonds. The number of carbonyl (C=O) groups excluding carboxylic acids is 1. The molecule has 0 saturated heterocycles. The van der Waals surface area contributed by atoms with Crippen molar-refractivity contribution < 1.29 is 14.7 Å². The summed E-state index contributed by atoms with van der Waals surface area (Å²) in [5, 5.41) is 13.5. The highest BCUT2D eigenvalue weighted by molar-refractivity contribution is 5.97. The predicted octanol–water partition coefficient (Wildman–Crippen LogP) is 1.28. The third-order valence-corrected chi connectivity index (χ3v) is 3.98. The molecule has 1 aliphatic rings. The predicted molar refractivity (Wildman–Crippen MR) is 68.8 cm³/mol. The molecule has 1 saturated carbocycles. The fourth-order valence-electron chi connectivity index (χ4n) is 2.75. The third-order valence-electron chi connectivity index (χ3n) is 3.98. The van der Waals surface area contributed by atoms with Crippen molar-refractivity contribution in [2.24, 2.45) is 7.05 Å². The van der Waals surface area contributed by atoms with Crippen molar-refractivity contribution in [2.75, 3.05) is 7.05 Å². The first-order valence-electron chi connectivity index (χ1n) is 6.47. The van der Waals surface area contributed by atoms with Crippen LogP contribution in [0.3, 0.4) is 0 Å². The van der Waals surface area contributed by atoms with Crippen molar-refractivity contribution in [1.82, 2.24) is 14.7 Å².